The highest BCUT2D eigenvalue weighted by molar-refractivity contribution is 6.27. The van der Waals surface area contributed by atoms with Crippen LogP contribution < -0.4 is 5.32 Å². The number of halogens is 1. The molecule has 5 heteroatoms. The van der Waals surface area contributed by atoms with Gasteiger partial charge < -0.3 is 14.8 Å². The standard InChI is InChI=1S/C6H9ClN2O2/c1-8-2-5(10)4-3-11-6(7)9-4/h3,5,8,10H,2H2,1H3. The van der Waals surface area contributed by atoms with E-state index in [1.807, 2.05) is 0 Å². The zero-order valence-corrected chi connectivity index (χ0v) is 6.80. The molecule has 0 saturated carbocycles. The Labute approximate surface area is 69.2 Å². The molecule has 1 atom stereocenters. The minimum atomic E-state index is -0.656. The molecule has 0 fully saturated rings. The molecular formula is C6H9ClN2O2. The molecule has 0 amide bonds. The topological polar surface area (TPSA) is 58.3 Å². The van der Waals surface area contributed by atoms with Crippen LogP contribution in [0.4, 0.5) is 0 Å². The Bertz CT molecular complexity index is 226. The van der Waals surface area contributed by atoms with E-state index in [0.717, 1.165) is 0 Å². The van der Waals surface area contributed by atoms with Gasteiger partial charge in [0.05, 0.1) is 0 Å². The van der Waals surface area contributed by atoms with Gasteiger partial charge >= 0.3 is 0 Å². The summed E-state index contributed by atoms with van der Waals surface area (Å²) in [6.07, 6.45) is 0.681. The minimum absolute atomic E-state index is 0.0511. The van der Waals surface area contributed by atoms with Crippen molar-refractivity contribution in [3.8, 4) is 0 Å². The maximum atomic E-state index is 9.29. The fraction of sp³-hybridized carbons (Fsp3) is 0.500. The van der Waals surface area contributed by atoms with E-state index in [0.29, 0.717) is 12.2 Å². The molecule has 1 heterocycles. The number of nitrogens with zero attached hydrogens (tertiary/aromatic N) is 1. The van der Waals surface area contributed by atoms with Crippen LogP contribution in [0, 0.1) is 0 Å². The van der Waals surface area contributed by atoms with Crippen LogP contribution in [0.5, 0.6) is 0 Å². The van der Waals surface area contributed by atoms with Crippen LogP contribution in [-0.4, -0.2) is 23.7 Å². The van der Waals surface area contributed by atoms with Crippen molar-refractivity contribution in [2.45, 2.75) is 6.10 Å². The van der Waals surface area contributed by atoms with Gasteiger partial charge in [-0.25, -0.2) is 4.98 Å². The van der Waals surface area contributed by atoms with E-state index >= 15 is 0 Å². The predicted molar refractivity (Wildman–Crippen MR) is 40.4 cm³/mol. The molecule has 0 aliphatic carbocycles. The molecule has 2 N–H and O–H groups in total. The molecule has 1 aromatic rings. The SMILES string of the molecule is CNCC(O)c1coc(Cl)n1. The second kappa shape index (κ2) is 3.71. The van der Waals surface area contributed by atoms with E-state index in [1.165, 1.54) is 6.26 Å². The van der Waals surface area contributed by atoms with Crippen molar-refractivity contribution in [1.29, 1.82) is 0 Å². The number of aliphatic hydroxyl groups excluding tert-OH is 1. The first kappa shape index (κ1) is 8.52. The van der Waals surface area contributed by atoms with E-state index in [2.05, 4.69) is 10.3 Å². The number of aliphatic hydroxyl groups is 1. The lowest BCUT2D eigenvalue weighted by Gasteiger charge is -2.03. The van der Waals surface area contributed by atoms with Crippen LogP contribution in [0.3, 0.4) is 0 Å². The van der Waals surface area contributed by atoms with Gasteiger partial charge in [0.2, 0.25) is 0 Å². The first-order chi connectivity index (χ1) is 5.24. The Kier molecular flexibility index (Phi) is 2.87. The molecule has 0 bridgehead atoms. The molecule has 0 aliphatic heterocycles. The quantitative estimate of drug-likeness (QED) is 0.708. The highest BCUT2D eigenvalue weighted by atomic mass is 35.5. The molecule has 0 aromatic carbocycles. The van der Waals surface area contributed by atoms with Crippen molar-refractivity contribution in [3.63, 3.8) is 0 Å². The van der Waals surface area contributed by atoms with Crippen LogP contribution in [0.25, 0.3) is 0 Å². The molecule has 1 unspecified atom stereocenters. The zero-order chi connectivity index (χ0) is 8.27. The molecule has 0 aliphatic rings. The van der Waals surface area contributed by atoms with Crippen molar-refractivity contribution < 1.29 is 9.52 Å². The van der Waals surface area contributed by atoms with E-state index in [-0.39, 0.29) is 5.35 Å². The van der Waals surface area contributed by atoms with E-state index in [1.54, 1.807) is 7.05 Å². The Balaban J connectivity index is 2.60. The fourth-order valence-electron chi connectivity index (χ4n) is 0.714. The van der Waals surface area contributed by atoms with Gasteiger partial charge in [-0.15, -0.1) is 0 Å². The summed E-state index contributed by atoms with van der Waals surface area (Å²) < 4.78 is 4.70. The molecule has 4 nitrogen and oxygen atoms in total. The van der Waals surface area contributed by atoms with Gasteiger partial charge in [-0.2, -0.15) is 0 Å². The summed E-state index contributed by atoms with van der Waals surface area (Å²) in [5.41, 5.74) is 0.448. The third-order valence-corrected chi connectivity index (χ3v) is 1.41. The van der Waals surface area contributed by atoms with Gasteiger partial charge in [-0.05, 0) is 18.6 Å². The Morgan fingerprint density at radius 3 is 3.09 bits per heavy atom. The van der Waals surface area contributed by atoms with Crippen molar-refractivity contribution in [3.05, 3.63) is 17.3 Å². The van der Waals surface area contributed by atoms with E-state index < -0.39 is 6.10 Å². The zero-order valence-electron chi connectivity index (χ0n) is 6.04. The van der Waals surface area contributed by atoms with Crippen molar-refractivity contribution in [1.82, 2.24) is 10.3 Å². The van der Waals surface area contributed by atoms with Gasteiger partial charge in [0.1, 0.15) is 18.1 Å². The lowest BCUT2D eigenvalue weighted by molar-refractivity contribution is 0.173. The monoisotopic (exact) mass is 176 g/mol. The number of oxazole rings is 1. The van der Waals surface area contributed by atoms with Gasteiger partial charge in [0.15, 0.2) is 0 Å². The highest BCUT2D eigenvalue weighted by Gasteiger charge is 2.10. The Morgan fingerprint density at radius 2 is 2.64 bits per heavy atom. The summed E-state index contributed by atoms with van der Waals surface area (Å²) >= 11 is 5.40. The van der Waals surface area contributed by atoms with Crippen molar-refractivity contribution in [2.75, 3.05) is 13.6 Å². The third-order valence-electron chi connectivity index (χ3n) is 1.23. The Morgan fingerprint density at radius 1 is 1.91 bits per heavy atom. The molecule has 0 spiro atoms. The maximum absolute atomic E-state index is 9.29. The number of hydrogen-bond acceptors (Lipinski definition) is 4. The van der Waals surface area contributed by atoms with Crippen molar-refractivity contribution >= 4 is 11.6 Å². The molecule has 62 valence electrons. The van der Waals surface area contributed by atoms with Gasteiger partial charge in [0, 0.05) is 6.54 Å². The normalized spacial score (nSPS) is 13.4. The number of likely N-dealkylation sites (N-methyl/N-ethyl adjacent to an activating group) is 1. The van der Waals surface area contributed by atoms with E-state index in [4.69, 9.17) is 16.0 Å². The Hall–Kier alpha value is -0.580. The second-order valence-corrected chi connectivity index (χ2v) is 2.42. The van der Waals surface area contributed by atoms with Crippen LogP contribution in [0.15, 0.2) is 10.7 Å². The largest absolute Gasteiger partial charge is 0.436 e. The van der Waals surface area contributed by atoms with Crippen LogP contribution in [0.1, 0.15) is 11.8 Å². The fourth-order valence-corrected chi connectivity index (χ4v) is 0.856. The van der Waals surface area contributed by atoms with Crippen molar-refractivity contribution in [2.24, 2.45) is 0 Å². The van der Waals surface area contributed by atoms with E-state index in [9.17, 15) is 5.11 Å². The summed E-state index contributed by atoms with van der Waals surface area (Å²) in [6, 6.07) is 0. The molecule has 11 heavy (non-hydrogen) atoms. The molecule has 0 radical (unpaired) electrons. The third kappa shape index (κ3) is 2.18. The molecule has 1 rings (SSSR count). The summed E-state index contributed by atoms with van der Waals surface area (Å²) in [7, 11) is 1.74. The molecule has 1 aromatic heterocycles. The van der Waals surface area contributed by atoms with Gasteiger partial charge in [-0.1, -0.05) is 0 Å². The van der Waals surface area contributed by atoms with Crippen LogP contribution in [0.2, 0.25) is 5.35 Å². The second-order valence-electron chi connectivity index (χ2n) is 2.10. The summed E-state index contributed by atoms with van der Waals surface area (Å²) in [4.78, 5) is 3.74. The predicted octanol–water partition coefficient (Wildman–Crippen LogP) is 0.581. The smallest absolute Gasteiger partial charge is 0.292 e. The molecule has 0 saturated heterocycles. The lowest BCUT2D eigenvalue weighted by atomic mass is 10.3. The van der Waals surface area contributed by atoms with Gasteiger partial charge in [-0.3, -0.25) is 0 Å². The van der Waals surface area contributed by atoms with Crippen LogP contribution in [-0.2, 0) is 0 Å². The van der Waals surface area contributed by atoms with Crippen LogP contribution >= 0.6 is 11.6 Å². The molecular weight excluding hydrogens is 168 g/mol. The maximum Gasteiger partial charge on any atom is 0.292 e. The van der Waals surface area contributed by atoms with Gasteiger partial charge in [0.25, 0.3) is 5.35 Å². The highest BCUT2D eigenvalue weighted by Crippen LogP contribution is 2.13. The first-order valence-electron chi connectivity index (χ1n) is 3.17. The summed E-state index contributed by atoms with van der Waals surface area (Å²) in [5, 5.41) is 12.1. The summed E-state index contributed by atoms with van der Waals surface area (Å²) in [5.74, 6) is 0. The number of hydrogen-bond donors (Lipinski definition) is 2. The first-order valence-corrected chi connectivity index (χ1v) is 3.55. The number of nitrogens with one attached hydrogen (secondary N) is 1. The number of rotatable bonds is 3. The summed E-state index contributed by atoms with van der Waals surface area (Å²) in [6.45, 7) is 0.433. The average molecular weight is 177 g/mol. The lowest BCUT2D eigenvalue weighted by Crippen LogP contribution is -2.16. The average Bonchev–Trinajstić information content (AvgIpc) is 2.36. The minimum Gasteiger partial charge on any atom is -0.436 e. The number of aromatic nitrogens is 1.